The minimum absolute atomic E-state index is 0.115. The maximum Gasteiger partial charge on any atom is 0.251 e. The molecule has 0 atom stereocenters. The van der Waals surface area contributed by atoms with Gasteiger partial charge in [0.2, 0.25) is 0 Å². The Kier molecular flexibility index (Phi) is 4.29. The Hall–Kier alpha value is -3.53. The molecular weight excluding hydrogens is 306 g/mol. The fourth-order valence-corrected chi connectivity index (χ4v) is 2.30. The van der Waals surface area contributed by atoms with E-state index >= 15 is 0 Å². The first kappa shape index (κ1) is 15.4. The molecule has 2 aromatic heterocycles. The average molecular weight is 321 g/mol. The van der Waals surface area contributed by atoms with Gasteiger partial charge in [-0.2, -0.15) is 5.26 Å². The van der Waals surface area contributed by atoms with E-state index in [0.717, 1.165) is 0 Å². The summed E-state index contributed by atoms with van der Waals surface area (Å²) in [6.07, 6.45) is 1.78. The fraction of sp³-hybridized carbons (Fsp3) is 0.118. The quantitative estimate of drug-likeness (QED) is 0.621. The number of aromatic nitrogens is 2. The van der Waals surface area contributed by atoms with Gasteiger partial charge in [0.1, 0.15) is 17.5 Å². The van der Waals surface area contributed by atoms with Gasteiger partial charge >= 0.3 is 0 Å². The largest absolute Gasteiger partial charge is 0.508 e. The van der Waals surface area contributed by atoms with Crippen molar-refractivity contribution in [1.82, 2.24) is 14.7 Å². The van der Waals surface area contributed by atoms with E-state index in [1.54, 1.807) is 22.7 Å². The number of nitrogens with one attached hydrogen (secondary N) is 2. The molecular formula is C17H15N5O2. The number of rotatable bonds is 5. The molecule has 120 valence electrons. The summed E-state index contributed by atoms with van der Waals surface area (Å²) in [4.78, 5) is 16.3. The number of anilines is 1. The second-order valence-electron chi connectivity index (χ2n) is 5.08. The van der Waals surface area contributed by atoms with Gasteiger partial charge in [0, 0.05) is 24.8 Å². The van der Waals surface area contributed by atoms with E-state index in [4.69, 9.17) is 0 Å². The molecule has 2 heterocycles. The molecule has 3 aromatic rings. The minimum atomic E-state index is -0.229. The summed E-state index contributed by atoms with van der Waals surface area (Å²) in [6.45, 7) is 0.806. The predicted octanol–water partition coefficient (Wildman–Crippen LogP) is 1.75. The van der Waals surface area contributed by atoms with Crippen molar-refractivity contribution in [2.45, 2.75) is 0 Å². The van der Waals surface area contributed by atoms with Crippen LogP contribution >= 0.6 is 0 Å². The van der Waals surface area contributed by atoms with E-state index in [9.17, 15) is 15.2 Å². The molecule has 0 spiro atoms. The van der Waals surface area contributed by atoms with Crippen LogP contribution in [0.4, 0.5) is 5.82 Å². The first-order chi connectivity index (χ1) is 11.7. The van der Waals surface area contributed by atoms with E-state index in [-0.39, 0.29) is 11.7 Å². The van der Waals surface area contributed by atoms with Gasteiger partial charge in [-0.05, 0) is 36.4 Å². The fourth-order valence-electron chi connectivity index (χ4n) is 2.30. The van der Waals surface area contributed by atoms with Crippen LogP contribution in [0.5, 0.6) is 5.75 Å². The van der Waals surface area contributed by atoms with Crippen molar-refractivity contribution in [2.75, 3.05) is 18.4 Å². The van der Waals surface area contributed by atoms with E-state index in [2.05, 4.69) is 21.7 Å². The molecule has 0 bridgehead atoms. The summed E-state index contributed by atoms with van der Waals surface area (Å²) >= 11 is 0. The molecule has 3 rings (SSSR count). The number of pyridine rings is 1. The number of fused-ring (bicyclic) bond motifs is 1. The zero-order valence-electron chi connectivity index (χ0n) is 12.7. The Balaban J connectivity index is 1.58. The zero-order chi connectivity index (χ0) is 16.9. The Labute approximate surface area is 138 Å². The molecule has 0 aliphatic carbocycles. The van der Waals surface area contributed by atoms with Gasteiger partial charge in [0.05, 0.1) is 0 Å². The topological polar surface area (TPSA) is 102 Å². The monoisotopic (exact) mass is 321 g/mol. The van der Waals surface area contributed by atoms with E-state index in [1.165, 1.54) is 12.1 Å². The van der Waals surface area contributed by atoms with E-state index in [0.29, 0.717) is 35.8 Å². The highest BCUT2D eigenvalue weighted by molar-refractivity contribution is 5.94. The number of carbonyl (C=O) groups excluding carboxylic acids is 1. The number of nitrogens with zero attached hydrogens (tertiary/aromatic N) is 3. The molecule has 0 saturated carbocycles. The lowest BCUT2D eigenvalue weighted by atomic mass is 10.2. The highest BCUT2D eigenvalue weighted by Gasteiger charge is 2.11. The lowest BCUT2D eigenvalue weighted by molar-refractivity contribution is 0.0955. The SMILES string of the molecule is N#Cc1c(NCCNC(=O)c2ccc(O)cc2)nc2ccccn12. The predicted molar refractivity (Wildman–Crippen MR) is 88.8 cm³/mol. The summed E-state index contributed by atoms with van der Waals surface area (Å²) in [6, 6.07) is 13.6. The molecule has 0 unspecified atom stereocenters. The number of hydrogen-bond acceptors (Lipinski definition) is 5. The van der Waals surface area contributed by atoms with E-state index < -0.39 is 0 Å². The third-order valence-corrected chi connectivity index (χ3v) is 3.47. The van der Waals surface area contributed by atoms with Crippen LogP contribution in [-0.4, -0.2) is 33.5 Å². The van der Waals surface area contributed by atoms with Gasteiger partial charge in [-0.25, -0.2) is 4.98 Å². The van der Waals surface area contributed by atoms with Gasteiger partial charge in [0.25, 0.3) is 5.91 Å². The molecule has 7 nitrogen and oxygen atoms in total. The van der Waals surface area contributed by atoms with Crippen molar-refractivity contribution in [3.63, 3.8) is 0 Å². The normalized spacial score (nSPS) is 10.3. The van der Waals surface area contributed by atoms with Crippen LogP contribution in [0.15, 0.2) is 48.7 Å². The van der Waals surface area contributed by atoms with Crippen LogP contribution in [0, 0.1) is 11.3 Å². The maximum absolute atomic E-state index is 11.9. The molecule has 1 amide bonds. The van der Waals surface area contributed by atoms with Gasteiger partial charge in [-0.3, -0.25) is 9.20 Å². The Morgan fingerprint density at radius 3 is 2.75 bits per heavy atom. The van der Waals surface area contributed by atoms with Gasteiger partial charge < -0.3 is 15.7 Å². The van der Waals surface area contributed by atoms with Gasteiger partial charge in [-0.1, -0.05) is 6.07 Å². The number of phenolic OH excluding ortho intramolecular Hbond substituents is 1. The molecule has 7 heteroatoms. The van der Waals surface area contributed by atoms with Crippen LogP contribution in [-0.2, 0) is 0 Å². The summed E-state index contributed by atoms with van der Waals surface area (Å²) in [5, 5.41) is 24.3. The third kappa shape index (κ3) is 3.13. The van der Waals surface area contributed by atoms with Gasteiger partial charge in [0.15, 0.2) is 11.5 Å². The molecule has 0 radical (unpaired) electrons. The zero-order valence-corrected chi connectivity index (χ0v) is 12.7. The molecule has 24 heavy (non-hydrogen) atoms. The van der Waals surface area contributed by atoms with Crippen molar-refractivity contribution < 1.29 is 9.90 Å². The Morgan fingerprint density at radius 2 is 2.00 bits per heavy atom. The van der Waals surface area contributed by atoms with Crippen LogP contribution in [0.25, 0.3) is 5.65 Å². The van der Waals surface area contributed by atoms with E-state index in [1.807, 2.05) is 18.2 Å². The summed E-state index contributed by atoms with van der Waals surface area (Å²) < 4.78 is 1.71. The smallest absolute Gasteiger partial charge is 0.251 e. The molecule has 0 fully saturated rings. The highest BCUT2D eigenvalue weighted by atomic mass is 16.3. The summed E-state index contributed by atoms with van der Waals surface area (Å²) in [5.74, 6) is 0.374. The van der Waals surface area contributed by atoms with Crippen molar-refractivity contribution in [3.05, 3.63) is 59.9 Å². The number of phenols is 1. The standard InChI is InChI=1S/C17H15N5O2/c18-11-14-16(21-15-3-1-2-10-22(14)15)19-8-9-20-17(24)12-4-6-13(23)7-5-12/h1-7,10,19,23H,8-9H2,(H,20,24). The van der Waals surface area contributed by atoms with Crippen LogP contribution in [0.2, 0.25) is 0 Å². The number of hydrogen-bond donors (Lipinski definition) is 3. The number of amides is 1. The molecule has 0 saturated heterocycles. The van der Waals surface area contributed by atoms with Crippen LogP contribution < -0.4 is 10.6 Å². The highest BCUT2D eigenvalue weighted by Crippen LogP contribution is 2.16. The molecule has 3 N–H and O–H groups in total. The first-order valence-electron chi connectivity index (χ1n) is 7.37. The van der Waals surface area contributed by atoms with Crippen molar-refractivity contribution in [3.8, 4) is 11.8 Å². The Morgan fingerprint density at radius 1 is 1.21 bits per heavy atom. The summed E-state index contributed by atoms with van der Waals surface area (Å²) in [5.41, 5.74) is 1.58. The molecule has 0 aliphatic rings. The average Bonchev–Trinajstić information content (AvgIpc) is 2.96. The lowest BCUT2D eigenvalue weighted by Gasteiger charge is -2.06. The summed E-state index contributed by atoms with van der Waals surface area (Å²) in [7, 11) is 0. The van der Waals surface area contributed by atoms with Crippen molar-refractivity contribution in [2.24, 2.45) is 0 Å². The first-order valence-corrected chi connectivity index (χ1v) is 7.37. The minimum Gasteiger partial charge on any atom is -0.508 e. The number of nitriles is 1. The lowest BCUT2D eigenvalue weighted by Crippen LogP contribution is -2.28. The van der Waals surface area contributed by atoms with Gasteiger partial charge in [-0.15, -0.1) is 0 Å². The maximum atomic E-state index is 11.9. The van der Waals surface area contributed by atoms with Crippen molar-refractivity contribution >= 4 is 17.4 Å². The molecule has 1 aromatic carbocycles. The second kappa shape index (κ2) is 6.71. The third-order valence-electron chi connectivity index (χ3n) is 3.47. The number of carbonyl (C=O) groups is 1. The van der Waals surface area contributed by atoms with Crippen molar-refractivity contribution in [1.29, 1.82) is 5.26 Å². The number of aromatic hydroxyl groups is 1. The van der Waals surface area contributed by atoms with Crippen LogP contribution in [0.3, 0.4) is 0 Å². The molecule has 0 aliphatic heterocycles. The number of imidazole rings is 1. The second-order valence-corrected chi connectivity index (χ2v) is 5.08. The van der Waals surface area contributed by atoms with Crippen LogP contribution in [0.1, 0.15) is 16.1 Å². The number of benzene rings is 1. The Bertz CT molecular complexity index is 909.